The summed E-state index contributed by atoms with van der Waals surface area (Å²) in [5.41, 5.74) is -3.20. The van der Waals surface area contributed by atoms with Gasteiger partial charge in [-0.15, -0.1) is 0 Å². The lowest BCUT2D eigenvalue weighted by Crippen LogP contribution is -2.57. The minimum atomic E-state index is -2.06. The molecule has 0 radical (unpaired) electrons. The number of hydrogen-bond donors (Lipinski definition) is 1. The lowest BCUT2D eigenvalue weighted by molar-refractivity contribution is -0.288. The minimum absolute atomic E-state index is 0.206. The maximum Gasteiger partial charge on any atom is 0.245 e. The Morgan fingerprint density at radius 3 is 2.10 bits per heavy atom. The van der Waals surface area contributed by atoms with E-state index >= 15 is 0 Å². The summed E-state index contributed by atoms with van der Waals surface area (Å²) in [6.07, 6.45) is -1.23. The molecule has 2 heterocycles. The lowest BCUT2D eigenvalue weighted by atomic mass is 9.53. The van der Waals surface area contributed by atoms with E-state index in [2.05, 4.69) is 6.07 Å². The van der Waals surface area contributed by atoms with Gasteiger partial charge in [0.15, 0.2) is 5.41 Å². The molecule has 2 aliphatic heterocycles. The quantitative estimate of drug-likeness (QED) is 0.598. The molecule has 2 aromatic carbocycles. The largest absolute Gasteiger partial charge is 0.443 e. The average molecular weight is 472 g/mol. The third-order valence-electron chi connectivity index (χ3n) is 6.15. The summed E-state index contributed by atoms with van der Waals surface area (Å²) in [5, 5.41) is 40.3. The van der Waals surface area contributed by atoms with Crippen molar-refractivity contribution in [3.05, 3.63) is 68.7 Å². The van der Waals surface area contributed by atoms with Gasteiger partial charge < -0.3 is 9.47 Å². The van der Waals surface area contributed by atoms with Gasteiger partial charge in [0.05, 0.1) is 29.1 Å². The van der Waals surface area contributed by atoms with Crippen molar-refractivity contribution < 1.29 is 9.47 Å². The van der Waals surface area contributed by atoms with Crippen molar-refractivity contribution in [1.82, 2.24) is 0 Å². The molecule has 2 aliphatic rings. The highest BCUT2D eigenvalue weighted by atomic mass is 35.5. The molecule has 0 saturated carbocycles. The number of nitriles is 3. The Balaban J connectivity index is 2.06. The van der Waals surface area contributed by atoms with Crippen molar-refractivity contribution >= 4 is 40.7 Å². The highest BCUT2D eigenvalue weighted by Gasteiger charge is 2.80. The fourth-order valence-electron chi connectivity index (χ4n) is 4.55. The van der Waals surface area contributed by atoms with Gasteiger partial charge in [-0.05, 0) is 35.9 Å². The van der Waals surface area contributed by atoms with Gasteiger partial charge in [0.25, 0.3) is 0 Å². The summed E-state index contributed by atoms with van der Waals surface area (Å²) < 4.78 is 12.3. The summed E-state index contributed by atoms with van der Waals surface area (Å²) >= 11 is 18.5. The summed E-state index contributed by atoms with van der Waals surface area (Å²) in [7, 11) is 0. The van der Waals surface area contributed by atoms with Crippen LogP contribution >= 0.6 is 34.8 Å². The molecule has 2 fully saturated rings. The van der Waals surface area contributed by atoms with E-state index in [1.807, 2.05) is 12.1 Å². The van der Waals surface area contributed by atoms with Crippen LogP contribution in [0.25, 0.3) is 0 Å². The molecule has 4 atom stereocenters. The van der Waals surface area contributed by atoms with Gasteiger partial charge in [-0.25, -0.2) is 0 Å². The zero-order valence-electron chi connectivity index (χ0n) is 16.0. The van der Waals surface area contributed by atoms with Crippen LogP contribution < -0.4 is 0 Å². The van der Waals surface area contributed by atoms with Crippen LogP contribution in [0.2, 0.25) is 15.1 Å². The number of halogens is 3. The molecule has 2 saturated heterocycles. The predicted molar refractivity (Wildman–Crippen MR) is 113 cm³/mol. The highest BCUT2D eigenvalue weighted by molar-refractivity contribution is 6.35. The van der Waals surface area contributed by atoms with Crippen LogP contribution in [-0.4, -0.2) is 5.90 Å². The number of benzene rings is 2. The van der Waals surface area contributed by atoms with Crippen molar-refractivity contribution in [2.45, 2.75) is 18.8 Å². The zero-order chi connectivity index (χ0) is 22.6. The van der Waals surface area contributed by atoms with E-state index in [0.717, 1.165) is 0 Å². The van der Waals surface area contributed by atoms with Crippen LogP contribution in [0.1, 0.15) is 24.2 Å². The molecule has 4 unspecified atom stereocenters. The van der Waals surface area contributed by atoms with E-state index < -0.39 is 34.5 Å². The second kappa shape index (κ2) is 7.13. The van der Waals surface area contributed by atoms with Gasteiger partial charge in [0, 0.05) is 15.6 Å². The first-order valence-corrected chi connectivity index (χ1v) is 10.3. The van der Waals surface area contributed by atoms with Gasteiger partial charge in [0.2, 0.25) is 17.1 Å². The van der Waals surface area contributed by atoms with Crippen molar-refractivity contribution in [3.8, 4) is 18.2 Å². The minimum Gasteiger partial charge on any atom is -0.443 e. The number of fused-ring (bicyclic) bond motifs is 2. The van der Waals surface area contributed by atoms with Gasteiger partial charge in [-0.1, -0.05) is 53.9 Å². The van der Waals surface area contributed by atoms with Crippen LogP contribution in [-0.2, 0) is 15.3 Å². The predicted octanol–water partition coefficient (Wildman–Crippen LogP) is 5.76. The first kappa shape index (κ1) is 21.4. The molecule has 2 bridgehead atoms. The van der Waals surface area contributed by atoms with Crippen molar-refractivity contribution in [1.29, 1.82) is 21.2 Å². The highest BCUT2D eigenvalue weighted by Crippen LogP contribution is 2.69. The Hall–Kier alpha value is -2.79. The van der Waals surface area contributed by atoms with Crippen molar-refractivity contribution in [2.24, 2.45) is 16.7 Å². The molecule has 1 N–H and O–H groups in total. The fourth-order valence-corrected chi connectivity index (χ4v) is 5.22. The second-order valence-electron chi connectivity index (χ2n) is 7.45. The average Bonchev–Trinajstić information content (AvgIpc) is 2.91. The second-order valence-corrected chi connectivity index (χ2v) is 8.73. The number of rotatable bonds is 2. The topological polar surface area (TPSA) is 114 Å². The molecule has 0 aromatic heterocycles. The molecule has 154 valence electrons. The Kier molecular flexibility index (Phi) is 4.93. The van der Waals surface area contributed by atoms with E-state index in [4.69, 9.17) is 49.7 Å². The monoisotopic (exact) mass is 470 g/mol. The molecule has 4 rings (SSSR count). The Bertz CT molecular complexity index is 1210. The number of ether oxygens (including phenoxy) is 2. The van der Waals surface area contributed by atoms with E-state index in [-0.39, 0.29) is 5.02 Å². The van der Waals surface area contributed by atoms with E-state index in [1.54, 1.807) is 43.3 Å². The molecule has 2 aromatic rings. The van der Waals surface area contributed by atoms with Crippen LogP contribution in [0.4, 0.5) is 0 Å². The normalized spacial score (nSPS) is 30.5. The molecule has 0 amide bonds. The molecule has 0 spiro atoms. The van der Waals surface area contributed by atoms with Gasteiger partial charge in [-0.2, -0.15) is 15.8 Å². The smallest absolute Gasteiger partial charge is 0.245 e. The first-order chi connectivity index (χ1) is 14.7. The van der Waals surface area contributed by atoms with Crippen molar-refractivity contribution in [3.63, 3.8) is 0 Å². The standard InChI is InChI=1S/C22H13Cl3N4O2/c1-12-21(11-28)19(29)31-22(12,16-7-6-15(24)8-17(16)25)30-18(20(21,9-26)10-27)13-2-4-14(23)5-3-13/h2-8,12,18,29H,1H3. The molecule has 9 heteroatoms. The number of hydrogen-bond acceptors (Lipinski definition) is 6. The molecule has 6 nitrogen and oxygen atoms in total. The third-order valence-corrected chi connectivity index (χ3v) is 6.95. The van der Waals surface area contributed by atoms with Crippen LogP contribution in [0.3, 0.4) is 0 Å². The summed E-state index contributed by atoms with van der Waals surface area (Å²) in [4.78, 5) is 0. The number of nitrogens with zero attached hydrogens (tertiary/aromatic N) is 3. The SMILES string of the molecule is CC1C2(c3ccc(Cl)cc3Cl)OC(=N)C1(C#N)C(C#N)(C#N)C(c1ccc(Cl)cc1)O2. The Morgan fingerprint density at radius 2 is 1.55 bits per heavy atom. The Morgan fingerprint density at radius 1 is 0.935 bits per heavy atom. The van der Waals surface area contributed by atoms with Crippen molar-refractivity contribution in [2.75, 3.05) is 0 Å². The molecule has 0 aliphatic carbocycles. The van der Waals surface area contributed by atoms with E-state index in [1.165, 1.54) is 6.07 Å². The first-order valence-electron chi connectivity index (χ1n) is 9.13. The maximum absolute atomic E-state index is 10.3. The summed E-state index contributed by atoms with van der Waals surface area (Å²) in [6, 6.07) is 17.1. The maximum atomic E-state index is 10.3. The lowest BCUT2D eigenvalue weighted by Gasteiger charge is -2.49. The fraction of sp³-hybridized carbons (Fsp3) is 0.273. The third kappa shape index (κ3) is 2.56. The number of nitrogens with one attached hydrogen (secondary N) is 1. The van der Waals surface area contributed by atoms with Gasteiger partial charge in [-0.3, -0.25) is 5.41 Å². The molecule has 31 heavy (non-hydrogen) atoms. The van der Waals surface area contributed by atoms with Crippen LogP contribution in [0.5, 0.6) is 0 Å². The zero-order valence-corrected chi connectivity index (χ0v) is 18.3. The molecular weight excluding hydrogens is 459 g/mol. The summed E-state index contributed by atoms with van der Waals surface area (Å²) in [6.45, 7) is 1.61. The Labute approximate surface area is 193 Å². The van der Waals surface area contributed by atoms with Gasteiger partial charge >= 0.3 is 0 Å². The molecular formula is C22H13Cl3N4O2. The van der Waals surface area contributed by atoms with E-state index in [9.17, 15) is 15.8 Å². The van der Waals surface area contributed by atoms with Crippen LogP contribution in [0.15, 0.2) is 42.5 Å². The summed E-state index contributed by atoms with van der Waals surface area (Å²) in [5.74, 6) is -3.12. The van der Waals surface area contributed by atoms with Gasteiger partial charge in [0.1, 0.15) is 6.10 Å². The van der Waals surface area contributed by atoms with E-state index in [0.29, 0.717) is 21.2 Å². The van der Waals surface area contributed by atoms with Crippen LogP contribution in [0, 0.1) is 56.2 Å².